The van der Waals surface area contributed by atoms with Gasteiger partial charge >= 0.3 is 0 Å². The number of benzene rings is 1. The van der Waals surface area contributed by atoms with Crippen molar-refractivity contribution in [2.45, 2.75) is 46.7 Å². The average Bonchev–Trinajstić information content (AvgIpc) is 2.71. The molecule has 1 N–H and O–H groups in total. The lowest BCUT2D eigenvalue weighted by Gasteiger charge is -2.37. The fraction of sp³-hybridized carbons (Fsp3) is 0.682. The van der Waals surface area contributed by atoms with Crippen LogP contribution in [0.2, 0.25) is 0 Å². The first-order valence-corrected chi connectivity index (χ1v) is 10.6. The molecule has 5 heteroatoms. The van der Waals surface area contributed by atoms with E-state index in [4.69, 9.17) is 4.99 Å². The molecule has 1 saturated heterocycles. The highest BCUT2D eigenvalue weighted by Gasteiger charge is 2.20. The van der Waals surface area contributed by atoms with Crippen LogP contribution in [0, 0.1) is 0 Å². The molecule has 1 heterocycles. The molecule has 0 saturated carbocycles. The fourth-order valence-electron chi connectivity index (χ4n) is 3.55. The lowest BCUT2D eigenvalue weighted by molar-refractivity contribution is 0.109. The van der Waals surface area contributed by atoms with Crippen molar-refractivity contribution < 1.29 is 0 Å². The van der Waals surface area contributed by atoms with Gasteiger partial charge in [-0.25, -0.2) is 0 Å². The summed E-state index contributed by atoms with van der Waals surface area (Å²) in [5, 5.41) is 3.45. The Kier molecular flexibility index (Phi) is 9.08. The molecule has 0 aliphatic carbocycles. The maximum Gasteiger partial charge on any atom is 0.194 e. The summed E-state index contributed by atoms with van der Waals surface area (Å²) < 4.78 is 0. The van der Waals surface area contributed by atoms with Gasteiger partial charge in [-0.3, -0.25) is 9.89 Å². The van der Waals surface area contributed by atoms with Crippen molar-refractivity contribution in [1.29, 1.82) is 0 Å². The van der Waals surface area contributed by atoms with Gasteiger partial charge in [-0.1, -0.05) is 38.1 Å². The van der Waals surface area contributed by atoms with Gasteiger partial charge in [0.15, 0.2) is 5.96 Å². The van der Waals surface area contributed by atoms with Crippen molar-refractivity contribution in [2.75, 3.05) is 52.9 Å². The van der Waals surface area contributed by atoms with Crippen molar-refractivity contribution in [3.8, 4) is 0 Å². The highest BCUT2D eigenvalue weighted by atomic mass is 15.3. The number of nitrogens with one attached hydrogen (secondary N) is 1. The van der Waals surface area contributed by atoms with E-state index < -0.39 is 0 Å². The zero-order valence-electron chi connectivity index (χ0n) is 18.0. The largest absolute Gasteiger partial charge is 0.357 e. The summed E-state index contributed by atoms with van der Waals surface area (Å²) in [6.07, 6.45) is 1.09. The molecule has 0 bridgehead atoms. The summed E-state index contributed by atoms with van der Waals surface area (Å²) in [6.45, 7) is 17.3. The molecule has 1 atom stereocenters. The zero-order valence-corrected chi connectivity index (χ0v) is 18.0. The lowest BCUT2D eigenvalue weighted by Crippen LogP contribution is -2.50. The Bertz CT molecular complexity index is 561. The first-order chi connectivity index (χ1) is 13.1. The van der Waals surface area contributed by atoms with Crippen LogP contribution in [0.4, 0.5) is 0 Å². The Morgan fingerprint density at radius 3 is 2.26 bits per heavy atom. The van der Waals surface area contributed by atoms with E-state index in [1.807, 2.05) is 0 Å². The van der Waals surface area contributed by atoms with E-state index in [1.54, 1.807) is 0 Å². The minimum atomic E-state index is 0.481. The van der Waals surface area contributed by atoms with Gasteiger partial charge in [-0.2, -0.15) is 0 Å². The van der Waals surface area contributed by atoms with E-state index in [-0.39, 0.29) is 0 Å². The van der Waals surface area contributed by atoms with Gasteiger partial charge in [0, 0.05) is 52.4 Å². The van der Waals surface area contributed by atoms with Gasteiger partial charge in [0.1, 0.15) is 0 Å². The van der Waals surface area contributed by atoms with Crippen LogP contribution in [0.1, 0.15) is 38.8 Å². The maximum atomic E-state index is 4.93. The lowest BCUT2D eigenvalue weighted by atomic mass is 10.1. The van der Waals surface area contributed by atoms with Crippen LogP contribution in [0.25, 0.3) is 0 Å². The number of hydrogen-bond acceptors (Lipinski definition) is 3. The molecular formula is C22H39N5. The summed E-state index contributed by atoms with van der Waals surface area (Å²) in [7, 11) is 2.12. The second-order valence-corrected chi connectivity index (χ2v) is 7.54. The SMILES string of the molecule is CCNC(=NCC(C)N1CCN(CC)CC1)N(C)Cc1ccc(CC)cc1. The summed E-state index contributed by atoms with van der Waals surface area (Å²) in [5.41, 5.74) is 2.71. The van der Waals surface area contributed by atoms with Crippen molar-refractivity contribution in [2.24, 2.45) is 4.99 Å². The van der Waals surface area contributed by atoms with Gasteiger partial charge in [-0.05, 0) is 37.9 Å². The number of aryl methyl sites for hydroxylation is 1. The third kappa shape index (κ3) is 6.82. The van der Waals surface area contributed by atoms with E-state index in [0.717, 1.165) is 51.6 Å². The molecule has 0 radical (unpaired) electrons. The fourth-order valence-corrected chi connectivity index (χ4v) is 3.55. The molecular weight excluding hydrogens is 334 g/mol. The van der Waals surface area contributed by atoms with Crippen LogP contribution >= 0.6 is 0 Å². The molecule has 1 aliphatic heterocycles. The number of hydrogen-bond donors (Lipinski definition) is 1. The Morgan fingerprint density at radius 2 is 1.70 bits per heavy atom. The third-order valence-corrected chi connectivity index (χ3v) is 5.53. The second-order valence-electron chi connectivity index (χ2n) is 7.54. The topological polar surface area (TPSA) is 34.1 Å². The van der Waals surface area contributed by atoms with Crippen molar-refractivity contribution >= 4 is 5.96 Å². The van der Waals surface area contributed by atoms with Gasteiger partial charge in [-0.15, -0.1) is 0 Å². The molecule has 0 spiro atoms. The van der Waals surface area contributed by atoms with Crippen LogP contribution in [0.3, 0.4) is 0 Å². The number of guanidine groups is 1. The quantitative estimate of drug-likeness (QED) is 0.561. The Balaban J connectivity index is 1.91. The summed E-state index contributed by atoms with van der Waals surface area (Å²) in [6, 6.07) is 9.40. The van der Waals surface area contributed by atoms with Crippen LogP contribution in [-0.4, -0.2) is 79.6 Å². The van der Waals surface area contributed by atoms with Crippen LogP contribution in [0.5, 0.6) is 0 Å². The summed E-state index contributed by atoms with van der Waals surface area (Å²) in [4.78, 5) is 12.3. The number of piperazine rings is 1. The number of rotatable bonds is 8. The molecule has 1 aromatic rings. The van der Waals surface area contributed by atoms with E-state index >= 15 is 0 Å². The highest BCUT2D eigenvalue weighted by Crippen LogP contribution is 2.09. The minimum Gasteiger partial charge on any atom is -0.357 e. The standard InChI is InChI=1S/C22H39N5/c1-6-20-9-11-21(12-10-20)18-25(5)22(23-7-2)24-17-19(4)27-15-13-26(8-3)14-16-27/h9-12,19H,6-8,13-18H2,1-5H3,(H,23,24). The molecule has 2 rings (SSSR count). The number of nitrogens with zero attached hydrogens (tertiary/aromatic N) is 4. The first-order valence-electron chi connectivity index (χ1n) is 10.6. The van der Waals surface area contributed by atoms with E-state index in [2.05, 4.69) is 79.0 Å². The van der Waals surface area contributed by atoms with Gasteiger partial charge in [0.25, 0.3) is 0 Å². The van der Waals surface area contributed by atoms with E-state index in [9.17, 15) is 0 Å². The molecule has 1 fully saturated rings. The molecule has 27 heavy (non-hydrogen) atoms. The minimum absolute atomic E-state index is 0.481. The van der Waals surface area contributed by atoms with Gasteiger partial charge < -0.3 is 15.1 Å². The van der Waals surface area contributed by atoms with E-state index in [0.29, 0.717) is 6.04 Å². The molecule has 1 aromatic carbocycles. The smallest absolute Gasteiger partial charge is 0.194 e. The zero-order chi connectivity index (χ0) is 19.6. The molecule has 5 nitrogen and oxygen atoms in total. The average molecular weight is 374 g/mol. The molecule has 0 amide bonds. The van der Waals surface area contributed by atoms with Crippen molar-refractivity contribution in [3.05, 3.63) is 35.4 Å². The second kappa shape index (κ2) is 11.3. The van der Waals surface area contributed by atoms with Gasteiger partial charge in [0.05, 0.1) is 6.54 Å². The normalized spacial score (nSPS) is 17.7. The third-order valence-electron chi connectivity index (χ3n) is 5.53. The molecule has 152 valence electrons. The monoisotopic (exact) mass is 373 g/mol. The molecule has 1 unspecified atom stereocenters. The van der Waals surface area contributed by atoms with E-state index in [1.165, 1.54) is 24.2 Å². The summed E-state index contributed by atoms with van der Waals surface area (Å²) in [5.74, 6) is 0.996. The number of aliphatic imine (C=N–C) groups is 1. The van der Waals surface area contributed by atoms with Crippen molar-refractivity contribution in [3.63, 3.8) is 0 Å². The first kappa shape index (κ1) is 21.7. The number of likely N-dealkylation sites (N-methyl/N-ethyl adjacent to an activating group) is 1. The predicted molar refractivity (Wildman–Crippen MR) is 116 cm³/mol. The molecule has 1 aliphatic rings. The Labute approximate surface area is 166 Å². The Hall–Kier alpha value is -1.59. The Morgan fingerprint density at radius 1 is 1.07 bits per heavy atom. The van der Waals surface area contributed by atoms with Crippen LogP contribution in [0.15, 0.2) is 29.3 Å². The van der Waals surface area contributed by atoms with Gasteiger partial charge in [0.2, 0.25) is 0 Å². The molecule has 0 aromatic heterocycles. The predicted octanol–water partition coefficient (Wildman–Crippen LogP) is 2.67. The van der Waals surface area contributed by atoms with Crippen LogP contribution in [-0.2, 0) is 13.0 Å². The van der Waals surface area contributed by atoms with Crippen LogP contribution < -0.4 is 5.32 Å². The summed E-state index contributed by atoms with van der Waals surface area (Å²) >= 11 is 0. The highest BCUT2D eigenvalue weighted by molar-refractivity contribution is 5.79. The van der Waals surface area contributed by atoms with Crippen molar-refractivity contribution in [1.82, 2.24) is 20.0 Å². The maximum absolute atomic E-state index is 4.93.